The Hall–Kier alpha value is -0.450. The lowest BCUT2D eigenvalue weighted by molar-refractivity contribution is 0.0882. The molecule has 0 fully saturated rings. The zero-order chi connectivity index (χ0) is 10.6. The van der Waals surface area contributed by atoms with Crippen molar-refractivity contribution in [1.29, 1.82) is 0 Å². The van der Waals surface area contributed by atoms with Crippen LogP contribution in [-0.4, -0.2) is 24.2 Å². The molecule has 1 aromatic rings. The fraction of sp³-hybridized carbons (Fsp3) is 0.700. The van der Waals surface area contributed by atoms with Crippen LogP contribution in [0.4, 0.5) is 0 Å². The lowest BCUT2D eigenvalue weighted by Crippen LogP contribution is -2.36. The van der Waals surface area contributed by atoms with E-state index in [2.05, 4.69) is 31.1 Å². The zero-order valence-corrected chi connectivity index (χ0v) is 10.0. The molecule has 1 N–H and O–H groups in total. The van der Waals surface area contributed by atoms with E-state index in [-0.39, 0.29) is 6.10 Å². The van der Waals surface area contributed by atoms with Gasteiger partial charge in [0.15, 0.2) is 0 Å². The van der Waals surface area contributed by atoms with E-state index < -0.39 is 0 Å². The highest BCUT2D eigenvalue weighted by Crippen LogP contribution is 2.11. The molecular formula is C10H18N2OS. The molecule has 0 aliphatic carbocycles. The Morgan fingerprint density at radius 2 is 2.29 bits per heavy atom. The van der Waals surface area contributed by atoms with Crippen molar-refractivity contribution < 1.29 is 4.74 Å². The largest absolute Gasteiger partial charge is 0.380 e. The van der Waals surface area contributed by atoms with Crippen LogP contribution < -0.4 is 5.32 Å². The molecule has 0 aliphatic rings. The van der Waals surface area contributed by atoms with Gasteiger partial charge in [0, 0.05) is 30.8 Å². The summed E-state index contributed by atoms with van der Waals surface area (Å²) < 4.78 is 5.23. The summed E-state index contributed by atoms with van der Waals surface area (Å²) in [5, 5.41) is 4.52. The number of aryl methyl sites for hydroxylation is 1. The van der Waals surface area contributed by atoms with Crippen LogP contribution in [0.2, 0.25) is 0 Å². The Kier molecular flexibility index (Phi) is 4.51. The minimum absolute atomic E-state index is 0.232. The van der Waals surface area contributed by atoms with Gasteiger partial charge in [-0.2, -0.15) is 0 Å². The summed E-state index contributed by atoms with van der Waals surface area (Å²) in [4.78, 5) is 5.55. The van der Waals surface area contributed by atoms with Crippen molar-refractivity contribution >= 4 is 11.3 Å². The first-order chi connectivity index (χ1) is 6.63. The second kappa shape index (κ2) is 5.44. The van der Waals surface area contributed by atoms with Crippen LogP contribution in [-0.2, 0) is 11.3 Å². The summed E-state index contributed by atoms with van der Waals surface area (Å²) in [5.41, 5.74) is 0. The predicted molar refractivity (Wildman–Crippen MR) is 59.6 cm³/mol. The minimum Gasteiger partial charge on any atom is -0.380 e. The number of aromatic nitrogens is 1. The molecule has 3 nitrogen and oxygen atoms in total. The van der Waals surface area contributed by atoms with Crippen molar-refractivity contribution in [3.63, 3.8) is 0 Å². The Morgan fingerprint density at radius 3 is 2.79 bits per heavy atom. The third-order valence-corrected chi connectivity index (χ3v) is 3.23. The summed E-state index contributed by atoms with van der Waals surface area (Å²) in [7, 11) is 1.73. The molecule has 1 heterocycles. The summed E-state index contributed by atoms with van der Waals surface area (Å²) in [5.74, 6) is 0. The summed E-state index contributed by atoms with van der Waals surface area (Å²) >= 11 is 1.73. The lowest BCUT2D eigenvalue weighted by atomic mass is 10.2. The first kappa shape index (κ1) is 11.6. The molecule has 0 bridgehead atoms. The van der Waals surface area contributed by atoms with Crippen molar-refractivity contribution in [2.75, 3.05) is 7.11 Å². The predicted octanol–water partition coefficient (Wildman–Crippen LogP) is 1.96. The topological polar surface area (TPSA) is 34.1 Å². The molecule has 1 rings (SSSR count). The standard InChI is InChI=1S/C10H18N2OS/c1-7-5-12-10(14-7)6-11-8(2)9(3)13-4/h5,8-9,11H,6H2,1-4H3. The number of methoxy groups -OCH3 is 1. The van der Waals surface area contributed by atoms with Gasteiger partial charge < -0.3 is 10.1 Å². The van der Waals surface area contributed by atoms with E-state index in [0.29, 0.717) is 6.04 Å². The Balaban J connectivity index is 2.33. The highest BCUT2D eigenvalue weighted by atomic mass is 32.1. The molecule has 0 spiro atoms. The Labute approximate surface area is 89.5 Å². The molecule has 0 saturated heterocycles. The van der Waals surface area contributed by atoms with E-state index in [4.69, 9.17) is 4.74 Å². The number of ether oxygens (including phenoxy) is 1. The van der Waals surface area contributed by atoms with Crippen LogP contribution in [0, 0.1) is 6.92 Å². The van der Waals surface area contributed by atoms with Crippen LogP contribution in [0.25, 0.3) is 0 Å². The van der Waals surface area contributed by atoms with Gasteiger partial charge in [0.2, 0.25) is 0 Å². The molecule has 2 atom stereocenters. The van der Waals surface area contributed by atoms with Crippen LogP contribution in [0.1, 0.15) is 23.7 Å². The van der Waals surface area contributed by atoms with E-state index in [1.807, 2.05) is 6.20 Å². The molecule has 80 valence electrons. The molecule has 1 aromatic heterocycles. The van der Waals surface area contributed by atoms with Crippen LogP contribution in [0.3, 0.4) is 0 Å². The van der Waals surface area contributed by atoms with Crippen molar-refractivity contribution in [3.8, 4) is 0 Å². The summed E-state index contributed by atoms with van der Waals surface area (Å²) in [6, 6.07) is 0.351. The maximum atomic E-state index is 5.23. The SMILES string of the molecule is COC(C)C(C)NCc1ncc(C)s1. The molecule has 0 aliphatic heterocycles. The maximum absolute atomic E-state index is 5.23. The monoisotopic (exact) mass is 214 g/mol. The van der Waals surface area contributed by atoms with E-state index in [0.717, 1.165) is 11.6 Å². The number of thiazole rings is 1. The first-order valence-corrected chi connectivity index (χ1v) is 5.62. The number of nitrogens with one attached hydrogen (secondary N) is 1. The third-order valence-electron chi connectivity index (χ3n) is 2.32. The van der Waals surface area contributed by atoms with Crippen molar-refractivity contribution in [2.24, 2.45) is 0 Å². The number of hydrogen-bond acceptors (Lipinski definition) is 4. The third kappa shape index (κ3) is 3.36. The minimum atomic E-state index is 0.232. The van der Waals surface area contributed by atoms with Gasteiger partial charge in [-0.25, -0.2) is 4.98 Å². The van der Waals surface area contributed by atoms with Crippen molar-refractivity contribution in [2.45, 2.75) is 39.5 Å². The lowest BCUT2D eigenvalue weighted by Gasteiger charge is -2.19. The number of hydrogen-bond donors (Lipinski definition) is 1. The second-order valence-electron chi connectivity index (χ2n) is 3.48. The molecule has 4 heteroatoms. The van der Waals surface area contributed by atoms with Crippen molar-refractivity contribution in [1.82, 2.24) is 10.3 Å². The quantitative estimate of drug-likeness (QED) is 0.813. The second-order valence-corrected chi connectivity index (χ2v) is 4.79. The van der Waals surface area contributed by atoms with Gasteiger partial charge in [0.25, 0.3) is 0 Å². The molecule has 0 amide bonds. The van der Waals surface area contributed by atoms with Crippen LogP contribution >= 0.6 is 11.3 Å². The van der Waals surface area contributed by atoms with Gasteiger partial charge in [0.1, 0.15) is 5.01 Å². The number of nitrogens with zero attached hydrogens (tertiary/aromatic N) is 1. The van der Waals surface area contributed by atoms with Gasteiger partial charge in [-0.15, -0.1) is 11.3 Å². The van der Waals surface area contributed by atoms with E-state index in [1.165, 1.54) is 4.88 Å². The van der Waals surface area contributed by atoms with Gasteiger partial charge in [-0.3, -0.25) is 0 Å². The van der Waals surface area contributed by atoms with Gasteiger partial charge >= 0.3 is 0 Å². The molecule has 0 radical (unpaired) electrons. The first-order valence-electron chi connectivity index (χ1n) is 4.81. The van der Waals surface area contributed by atoms with Crippen LogP contribution in [0.15, 0.2) is 6.20 Å². The van der Waals surface area contributed by atoms with Gasteiger partial charge in [-0.1, -0.05) is 0 Å². The fourth-order valence-electron chi connectivity index (χ4n) is 1.10. The van der Waals surface area contributed by atoms with E-state index >= 15 is 0 Å². The smallest absolute Gasteiger partial charge is 0.107 e. The van der Waals surface area contributed by atoms with Crippen LogP contribution in [0.5, 0.6) is 0 Å². The maximum Gasteiger partial charge on any atom is 0.107 e. The molecular weight excluding hydrogens is 196 g/mol. The van der Waals surface area contributed by atoms with E-state index in [1.54, 1.807) is 18.4 Å². The normalized spacial score (nSPS) is 15.4. The molecule has 0 saturated carbocycles. The van der Waals surface area contributed by atoms with Crippen molar-refractivity contribution in [3.05, 3.63) is 16.1 Å². The highest BCUT2D eigenvalue weighted by Gasteiger charge is 2.10. The fourth-order valence-corrected chi connectivity index (χ4v) is 1.84. The number of rotatable bonds is 5. The summed E-state index contributed by atoms with van der Waals surface area (Å²) in [6.07, 6.45) is 2.14. The zero-order valence-electron chi connectivity index (χ0n) is 9.20. The van der Waals surface area contributed by atoms with Gasteiger partial charge in [-0.05, 0) is 20.8 Å². The Bertz CT molecular complexity index is 275. The summed E-state index contributed by atoms with van der Waals surface area (Å²) in [6.45, 7) is 7.08. The highest BCUT2D eigenvalue weighted by molar-refractivity contribution is 7.11. The molecule has 14 heavy (non-hydrogen) atoms. The molecule has 0 aromatic carbocycles. The average Bonchev–Trinajstić information content (AvgIpc) is 2.59. The van der Waals surface area contributed by atoms with E-state index in [9.17, 15) is 0 Å². The average molecular weight is 214 g/mol. The molecule has 2 unspecified atom stereocenters. The van der Waals surface area contributed by atoms with Gasteiger partial charge in [0.05, 0.1) is 6.10 Å². The Morgan fingerprint density at radius 1 is 1.57 bits per heavy atom.